The first-order valence-electron chi connectivity index (χ1n) is 3.76. The Balaban J connectivity index is 0.000000791. The number of methoxy groups -OCH3 is 1. The van der Waals surface area contributed by atoms with E-state index in [-0.39, 0.29) is 0 Å². The van der Waals surface area contributed by atoms with Gasteiger partial charge in [0, 0.05) is 0 Å². The second kappa shape index (κ2) is 7.90. The van der Waals surface area contributed by atoms with E-state index >= 15 is 0 Å². The quantitative estimate of drug-likeness (QED) is 0.712. The first kappa shape index (κ1) is 12.3. The minimum atomic E-state index is 0.341. The first-order chi connectivity index (χ1) is 6.86. The van der Waals surface area contributed by atoms with Crippen LogP contribution in [0.1, 0.15) is 5.82 Å². The number of carbonyl (C=O) groups is 1. The maximum Gasteiger partial charge on any atom is 0.207 e. The Morgan fingerprint density at radius 1 is 1.50 bits per heavy atom. The van der Waals surface area contributed by atoms with Gasteiger partial charge in [-0.1, -0.05) is 0 Å². The van der Waals surface area contributed by atoms with Crippen LogP contribution in [0.3, 0.4) is 0 Å². The fourth-order valence-electron chi connectivity index (χ4n) is 0.673. The van der Waals surface area contributed by atoms with Crippen molar-refractivity contribution in [2.75, 3.05) is 14.3 Å². The zero-order valence-electron chi connectivity index (χ0n) is 8.03. The number of amides is 1. The first-order valence-corrected chi connectivity index (χ1v) is 3.76. The van der Waals surface area contributed by atoms with Crippen molar-refractivity contribution in [2.45, 2.75) is 6.54 Å². The van der Waals surface area contributed by atoms with Crippen LogP contribution in [0.2, 0.25) is 0 Å². The van der Waals surface area contributed by atoms with Crippen molar-refractivity contribution >= 4 is 6.41 Å². The molecule has 0 saturated carbocycles. The Kier molecular flexibility index (Phi) is 6.93. The molecule has 0 radical (unpaired) electrons. The lowest BCUT2D eigenvalue weighted by Crippen LogP contribution is -2.12. The third-order valence-corrected chi connectivity index (χ3v) is 1.26. The zero-order chi connectivity index (χ0) is 10.8. The third kappa shape index (κ3) is 4.34. The maximum absolute atomic E-state index is 9.91. The molecule has 0 aliphatic carbocycles. The highest BCUT2D eigenvalue weighted by Gasteiger charge is 1.95. The zero-order valence-corrected chi connectivity index (χ0v) is 8.03. The molecule has 78 valence electrons. The average molecular weight is 201 g/mol. The van der Waals surface area contributed by atoms with Crippen molar-refractivity contribution in [3.05, 3.63) is 18.2 Å². The van der Waals surface area contributed by atoms with Gasteiger partial charge in [-0.2, -0.15) is 0 Å². The molecular formula is C8H12FN3O2. The monoisotopic (exact) mass is 201 g/mol. The number of hydrogen-bond donors (Lipinski definition) is 1. The van der Waals surface area contributed by atoms with E-state index < -0.39 is 0 Å². The van der Waals surface area contributed by atoms with Gasteiger partial charge in [-0.25, -0.2) is 9.97 Å². The number of carbonyl (C=O) groups excluding carboxylic acids is 1. The van der Waals surface area contributed by atoms with Gasteiger partial charge >= 0.3 is 0 Å². The fourth-order valence-corrected chi connectivity index (χ4v) is 0.673. The molecule has 1 aromatic rings. The summed E-state index contributed by atoms with van der Waals surface area (Å²) in [6, 6.07) is 0. The molecule has 0 fully saturated rings. The van der Waals surface area contributed by atoms with Gasteiger partial charge in [0.15, 0.2) is 5.75 Å². The molecule has 5 nitrogen and oxygen atoms in total. The van der Waals surface area contributed by atoms with E-state index in [0.717, 1.165) is 0 Å². The molecule has 0 aliphatic rings. The summed E-state index contributed by atoms with van der Waals surface area (Å²) in [6.45, 7) is 0.341. The van der Waals surface area contributed by atoms with Crippen LogP contribution in [0.15, 0.2) is 12.4 Å². The van der Waals surface area contributed by atoms with Crippen molar-refractivity contribution in [1.82, 2.24) is 15.3 Å². The van der Waals surface area contributed by atoms with Gasteiger partial charge in [-0.05, 0) is 0 Å². The normalized spacial score (nSPS) is 8.21. The Labute approximate surface area is 81.3 Å². The second-order valence-corrected chi connectivity index (χ2v) is 2.04. The number of ether oxygens (including phenoxy) is 1. The van der Waals surface area contributed by atoms with E-state index in [9.17, 15) is 9.18 Å². The van der Waals surface area contributed by atoms with Crippen LogP contribution < -0.4 is 10.1 Å². The number of halogens is 1. The van der Waals surface area contributed by atoms with Gasteiger partial charge in [0.05, 0.1) is 33.2 Å². The van der Waals surface area contributed by atoms with Gasteiger partial charge in [-0.15, -0.1) is 0 Å². The van der Waals surface area contributed by atoms with Crippen LogP contribution in [0.4, 0.5) is 4.39 Å². The van der Waals surface area contributed by atoms with Crippen molar-refractivity contribution in [3.63, 3.8) is 0 Å². The van der Waals surface area contributed by atoms with Crippen molar-refractivity contribution in [1.29, 1.82) is 0 Å². The third-order valence-electron chi connectivity index (χ3n) is 1.26. The number of nitrogens with one attached hydrogen (secondary N) is 1. The topological polar surface area (TPSA) is 64.1 Å². The highest BCUT2D eigenvalue weighted by atomic mass is 19.1. The van der Waals surface area contributed by atoms with Crippen LogP contribution in [-0.2, 0) is 11.3 Å². The lowest BCUT2D eigenvalue weighted by atomic mass is 10.5. The molecule has 0 saturated heterocycles. The molecule has 0 aromatic carbocycles. The van der Waals surface area contributed by atoms with Gasteiger partial charge in [0.1, 0.15) is 5.82 Å². The van der Waals surface area contributed by atoms with Crippen molar-refractivity contribution in [3.8, 4) is 5.75 Å². The van der Waals surface area contributed by atoms with Crippen LogP contribution in [-0.4, -0.2) is 30.7 Å². The summed E-state index contributed by atoms with van der Waals surface area (Å²) in [4.78, 5) is 17.8. The summed E-state index contributed by atoms with van der Waals surface area (Å²) in [5.74, 6) is 1.16. The van der Waals surface area contributed by atoms with Crippen LogP contribution in [0, 0.1) is 0 Å². The SMILES string of the molecule is CF.COc1cnc(CNC=O)nc1. The Morgan fingerprint density at radius 3 is 2.50 bits per heavy atom. The number of hydrogen-bond acceptors (Lipinski definition) is 4. The summed E-state index contributed by atoms with van der Waals surface area (Å²) in [7, 11) is 2.04. The molecule has 1 rings (SSSR count). The lowest BCUT2D eigenvalue weighted by molar-refractivity contribution is -0.109. The van der Waals surface area contributed by atoms with Gasteiger partial charge in [0.2, 0.25) is 6.41 Å². The van der Waals surface area contributed by atoms with Crippen molar-refractivity contribution < 1.29 is 13.9 Å². The van der Waals surface area contributed by atoms with Gasteiger partial charge < -0.3 is 10.1 Å². The molecule has 1 aromatic heterocycles. The molecule has 1 heterocycles. The van der Waals surface area contributed by atoms with Crippen LogP contribution in [0.5, 0.6) is 5.75 Å². The molecule has 1 amide bonds. The maximum atomic E-state index is 9.91. The molecule has 0 spiro atoms. The molecule has 0 aliphatic heterocycles. The number of rotatable bonds is 4. The lowest BCUT2D eigenvalue weighted by Gasteiger charge is -1.99. The largest absolute Gasteiger partial charge is 0.494 e. The summed E-state index contributed by atoms with van der Waals surface area (Å²) in [6.07, 6.45) is 3.71. The van der Waals surface area contributed by atoms with E-state index in [2.05, 4.69) is 15.3 Å². The Hall–Kier alpha value is -1.72. The highest BCUT2D eigenvalue weighted by Crippen LogP contribution is 2.03. The molecule has 6 heteroatoms. The summed E-state index contributed by atoms with van der Waals surface area (Å²) >= 11 is 0. The Morgan fingerprint density at radius 2 is 2.07 bits per heavy atom. The fraction of sp³-hybridized carbons (Fsp3) is 0.375. The van der Waals surface area contributed by atoms with E-state index in [4.69, 9.17) is 4.74 Å². The minimum Gasteiger partial charge on any atom is -0.494 e. The number of aromatic nitrogens is 2. The molecule has 1 N–H and O–H groups in total. The molecule has 0 atom stereocenters. The van der Waals surface area contributed by atoms with E-state index in [1.165, 1.54) is 0 Å². The van der Waals surface area contributed by atoms with Crippen LogP contribution in [0.25, 0.3) is 0 Å². The molecular weight excluding hydrogens is 189 g/mol. The molecule has 0 bridgehead atoms. The van der Waals surface area contributed by atoms with E-state index in [1.807, 2.05) is 0 Å². The standard InChI is InChI=1S/C7H9N3O2.CH3F/c1-12-6-2-9-7(10-3-6)4-8-5-11;1-2/h2-3,5H,4H2,1H3,(H,8,11);1H3. The van der Waals surface area contributed by atoms with Crippen LogP contribution >= 0.6 is 0 Å². The predicted octanol–water partition coefficient (Wildman–Crippen LogP) is 0.317. The smallest absolute Gasteiger partial charge is 0.207 e. The van der Waals surface area contributed by atoms with E-state index in [1.54, 1.807) is 19.5 Å². The van der Waals surface area contributed by atoms with E-state index in [0.29, 0.717) is 31.7 Å². The number of alkyl halides is 1. The highest BCUT2D eigenvalue weighted by molar-refractivity contribution is 5.45. The summed E-state index contributed by atoms with van der Waals surface area (Å²) in [5.41, 5.74) is 0. The second-order valence-electron chi connectivity index (χ2n) is 2.04. The van der Waals surface area contributed by atoms with Gasteiger partial charge in [0.25, 0.3) is 0 Å². The molecule has 0 unspecified atom stereocenters. The van der Waals surface area contributed by atoms with Gasteiger partial charge in [-0.3, -0.25) is 9.18 Å². The molecule has 14 heavy (non-hydrogen) atoms. The predicted molar refractivity (Wildman–Crippen MR) is 48.5 cm³/mol. The Bertz CT molecular complexity index is 253. The average Bonchev–Trinajstić information content (AvgIpc) is 2.30. The summed E-state index contributed by atoms with van der Waals surface area (Å²) < 4.78 is 14.4. The summed E-state index contributed by atoms with van der Waals surface area (Å²) in [5, 5.41) is 2.46. The minimum absolute atomic E-state index is 0.341. The number of nitrogens with zero attached hydrogens (tertiary/aromatic N) is 2. The van der Waals surface area contributed by atoms with Crippen molar-refractivity contribution in [2.24, 2.45) is 0 Å².